The summed E-state index contributed by atoms with van der Waals surface area (Å²) in [6.07, 6.45) is 0. The lowest BCUT2D eigenvalue weighted by atomic mass is 10.0. The molecule has 3 rings (SSSR count). The average molecular weight is 295 g/mol. The Labute approximate surface area is 125 Å². The van der Waals surface area contributed by atoms with Crippen LogP contribution in [0, 0.1) is 11.6 Å². The molecule has 0 atom stereocenters. The smallest absolute Gasteiger partial charge is 0.127 e. The van der Waals surface area contributed by atoms with E-state index in [4.69, 9.17) is 0 Å². The van der Waals surface area contributed by atoms with E-state index >= 15 is 0 Å². The van der Waals surface area contributed by atoms with Crippen LogP contribution in [0.3, 0.4) is 0 Å². The highest BCUT2D eigenvalue weighted by Gasteiger charge is 2.33. The van der Waals surface area contributed by atoms with Crippen LogP contribution < -0.4 is 0 Å². The standard InChI is InChI=1S/C16H23F2N3/c1-2-19-5-7-21(8-6-19)15-11-20(12-15)10-13-9-14(17)3-4-16(13)18/h3-4,9,15H,2,5-8,10-12H2,1H3. The van der Waals surface area contributed by atoms with E-state index in [1.54, 1.807) is 0 Å². The molecule has 2 saturated heterocycles. The van der Waals surface area contributed by atoms with Gasteiger partial charge in [-0.05, 0) is 24.7 Å². The summed E-state index contributed by atoms with van der Waals surface area (Å²) >= 11 is 0. The molecule has 0 amide bonds. The predicted octanol–water partition coefficient (Wildman–Crippen LogP) is 1.79. The number of hydrogen-bond acceptors (Lipinski definition) is 3. The second kappa shape index (κ2) is 6.38. The van der Waals surface area contributed by atoms with Crippen molar-refractivity contribution in [3.05, 3.63) is 35.4 Å². The van der Waals surface area contributed by atoms with E-state index in [-0.39, 0.29) is 11.6 Å². The van der Waals surface area contributed by atoms with Gasteiger partial charge < -0.3 is 4.90 Å². The Morgan fingerprint density at radius 3 is 2.43 bits per heavy atom. The molecule has 2 aliphatic rings. The van der Waals surface area contributed by atoms with Crippen molar-refractivity contribution < 1.29 is 8.78 Å². The summed E-state index contributed by atoms with van der Waals surface area (Å²) in [5.74, 6) is -0.671. The summed E-state index contributed by atoms with van der Waals surface area (Å²) in [6.45, 7) is 10.3. The minimum atomic E-state index is -0.362. The lowest BCUT2D eigenvalue weighted by molar-refractivity contribution is 0.00165. The molecule has 1 aromatic rings. The van der Waals surface area contributed by atoms with Crippen LogP contribution in [0.5, 0.6) is 0 Å². The van der Waals surface area contributed by atoms with Crippen LogP contribution in [-0.4, -0.2) is 66.6 Å². The van der Waals surface area contributed by atoms with Crippen molar-refractivity contribution in [2.24, 2.45) is 0 Å². The lowest BCUT2D eigenvalue weighted by Crippen LogP contribution is -2.62. The molecule has 0 radical (unpaired) electrons. The summed E-state index contributed by atoms with van der Waals surface area (Å²) in [7, 11) is 0. The third-order valence-electron chi connectivity index (χ3n) is 4.71. The molecule has 2 aliphatic heterocycles. The molecule has 116 valence electrons. The summed E-state index contributed by atoms with van der Waals surface area (Å²) in [5, 5.41) is 0. The van der Waals surface area contributed by atoms with Gasteiger partial charge in [-0.2, -0.15) is 0 Å². The third kappa shape index (κ3) is 3.42. The van der Waals surface area contributed by atoms with Gasteiger partial charge in [-0.3, -0.25) is 9.80 Å². The van der Waals surface area contributed by atoms with Gasteiger partial charge in [0.1, 0.15) is 11.6 Å². The molecule has 0 bridgehead atoms. The van der Waals surface area contributed by atoms with Crippen LogP contribution in [-0.2, 0) is 6.54 Å². The Balaban J connectivity index is 1.47. The number of halogens is 2. The van der Waals surface area contributed by atoms with Crippen LogP contribution in [0.1, 0.15) is 12.5 Å². The van der Waals surface area contributed by atoms with E-state index in [2.05, 4.69) is 21.6 Å². The van der Waals surface area contributed by atoms with E-state index in [1.807, 2.05) is 0 Å². The Morgan fingerprint density at radius 2 is 1.76 bits per heavy atom. The van der Waals surface area contributed by atoms with E-state index in [9.17, 15) is 8.78 Å². The Hall–Kier alpha value is -1.04. The minimum absolute atomic E-state index is 0.309. The Kier molecular flexibility index (Phi) is 4.52. The minimum Gasteiger partial charge on any atom is -0.301 e. The largest absolute Gasteiger partial charge is 0.301 e. The average Bonchev–Trinajstić information content (AvgIpc) is 2.46. The Bertz CT molecular complexity index is 480. The van der Waals surface area contributed by atoms with Gasteiger partial charge in [-0.1, -0.05) is 6.92 Å². The number of benzene rings is 1. The van der Waals surface area contributed by atoms with Crippen LogP contribution >= 0.6 is 0 Å². The maximum Gasteiger partial charge on any atom is 0.127 e. The molecule has 3 nitrogen and oxygen atoms in total. The van der Waals surface area contributed by atoms with Crippen molar-refractivity contribution >= 4 is 0 Å². The second-order valence-electron chi connectivity index (χ2n) is 6.05. The van der Waals surface area contributed by atoms with Gasteiger partial charge in [0, 0.05) is 57.4 Å². The maximum absolute atomic E-state index is 13.6. The van der Waals surface area contributed by atoms with Gasteiger partial charge >= 0.3 is 0 Å². The monoisotopic (exact) mass is 295 g/mol. The molecule has 0 spiro atoms. The van der Waals surface area contributed by atoms with Crippen molar-refractivity contribution in [3.8, 4) is 0 Å². The SMILES string of the molecule is CCN1CCN(C2CN(Cc3cc(F)ccc3F)C2)CC1. The van der Waals surface area contributed by atoms with Crippen LogP contribution in [0.25, 0.3) is 0 Å². The summed E-state index contributed by atoms with van der Waals surface area (Å²) in [5.41, 5.74) is 0.462. The number of hydrogen-bond donors (Lipinski definition) is 0. The zero-order valence-corrected chi connectivity index (χ0v) is 12.6. The van der Waals surface area contributed by atoms with E-state index in [1.165, 1.54) is 18.2 Å². The molecule has 0 saturated carbocycles. The first kappa shape index (κ1) is 14.9. The number of piperazine rings is 1. The molecule has 2 heterocycles. The van der Waals surface area contributed by atoms with Gasteiger partial charge in [0.15, 0.2) is 0 Å². The Morgan fingerprint density at radius 1 is 1.05 bits per heavy atom. The van der Waals surface area contributed by atoms with Crippen LogP contribution in [0.2, 0.25) is 0 Å². The first-order valence-corrected chi connectivity index (χ1v) is 7.78. The first-order chi connectivity index (χ1) is 10.2. The molecule has 0 aromatic heterocycles. The quantitative estimate of drug-likeness (QED) is 0.838. The highest BCUT2D eigenvalue weighted by molar-refractivity contribution is 5.19. The molecule has 5 heteroatoms. The van der Waals surface area contributed by atoms with Crippen molar-refractivity contribution in [3.63, 3.8) is 0 Å². The molecule has 2 fully saturated rings. The predicted molar refractivity (Wildman–Crippen MR) is 79.1 cm³/mol. The topological polar surface area (TPSA) is 9.72 Å². The fraction of sp³-hybridized carbons (Fsp3) is 0.625. The molecular weight excluding hydrogens is 272 g/mol. The van der Waals surface area contributed by atoms with E-state index < -0.39 is 0 Å². The highest BCUT2D eigenvalue weighted by atomic mass is 19.1. The third-order valence-corrected chi connectivity index (χ3v) is 4.71. The number of rotatable bonds is 4. The van der Waals surface area contributed by atoms with Gasteiger partial charge in [-0.15, -0.1) is 0 Å². The first-order valence-electron chi connectivity index (χ1n) is 7.78. The van der Waals surface area contributed by atoms with Crippen LogP contribution in [0.4, 0.5) is 8.78 Å². The van der Waals surface area contributed by atoms with E-state index in [0.29, 0.717) is 18.2 Å². The van der Waals surface area contributed by atoms with Crippen LogP contribution in [0.15, 0.2) is 18.2 Å². The number of likely N-dealkylation sites (tertiary alicyclic amines) is 1. The van der Waals surface area contributed by atoms with Gasteiger partial charge in [0.2, 0.25) is 0 Å². The van der Waals surface area contributed by atoms with Crippen molar-refractivity contribution in [1.29, 1.82) is 0 Å². The summed E-state index contributed by atoms with van der Waals surface area (Å²) in [4.78, 5) is 7.19. The molecular formula is C16H23F2N3. The fourth-order valence-corrected chi connectivity index (χ4v) is 3.25. The van der Waals surface area contributed by atoms with Gasteiger partial charge in [0.05, 0.1) is 0 Å². The van der Waals surface area contributed by atoms with Gasteiger partial charge in [0.25, 0.3) is 0 Å². The highest BCUT2D eigenvalue weighted by Crippen LogP contribution is 2.21. The van der Waals surface area contributed by atoms with Gasteiger partial charge in [-0.25, -0.2) is 8.78 Å². The fourth-order valence-electron chi connectivity index (χ4n) is 3.25. The summed E-state index contributed by atoms with van der Waals surface area (Å²) in [6, 6.07) is 4.28. The molecule has 0 N–H and O–H groups in total. The van der Waals surface area contributed by atoms with Crippen molar-refractivity contribution in [2.75, 3.05) is 45.8 Å². The second-order valence-corrected chi connectivity index (χ2v) is 6.05. The molecule has 0 aliphatic carbocycles. The summed E-state index contributed by atoms with van der Waals surface area (Å²) < 4.78 is 26.8. The number of nitrogens with zero attached hydrogens (tertiary/aromatic N) is 3. The molecule has 1 aromatic carbocycles. The lowest BCUT2D eigenvalue weighted by Gasteiger charge is -2.48. The van der Waals surface area contributed by atoms with Crippen molar-refractivity contribution in [2.45, 2.75) is 19.5 Å². The zero-order chi connectivity index (χ0) is 14.8. The maximum atomic E-state index is 13.6. The van der Waals surface area contributed by atoms with E-state index in [0.717, 1.165) is 45.8 Å². The zero-order valence-electron chi connectivity index (χ0n) is 12.6. The van der Waals surface area contributed by atoms with Crippen molar-refractivity contribution in [1.82, 2.24) is 14.7 Å². The molecule has 0 unspecified atom stereocenters. The molecule has 21 heavy (non-hydrogen) atoms. The normalized spacial score (nSPS) is 22.4. The number of likely N-dealkylation sites (N-methyl/N-ethyl adjacent to an activating group) is 1.